The molecule has 2 heterocycles. The van der Waals surface area contributed by atoms with Crippen LogP contribution in [0.3, 0.4) is 0 Å². The first-order chi connectivity index (χ1) is 17.6. The minimum Gasteiger partial charge on any atom is -0.495 e. The van der Waals surface area contributed by atoms with Crippen LogP contribution in [0.2, 0.25) is 0 Å². The highest BCUT2D eigenvalue weighted by Gasteiger charge is 2.50. The molecule has 2 atom stereocenters. The van der Waals surface area contributed by atoms with E-state index in [9.17, 15) is 14.9 Å². The summed E-state index contributed by atoms with van der Waals surface area (Å²) in [6.45, 7) is 6.68. The standard InChI is InChI=1S/C27H32FN5O4/c1-18(34)30-14-20-15-33(25(35)37-20)19-9-10-23(21(28)13-19)32-12-11-27(16-29,26(2,3)17-32)31-22-7-5-6-8-24(22)36-4/h5-10,13,20,31H,11-12,14-15,17H2,1-4H3,(H,30,34)/t20-,27?/m0/s1. The number of carbonyl (C=O) groups excluding carboxylic acids is 2. The third-order valence-electron chi connectivity index (χ3n) is 7.18. The monoisotopic (exact) mass is 509 g/mol. The molecule has 10 heteroatoms. The molecule has 1 unspecified atom stereocenters. The second-order valence-electron chi connectivity index (χ2n) is 10.1. The Labute approximate surface area is 216 Å². The molecule has 196 valence electrons. The van der Waals surface area contributed by atoms with E-state index in [4.69, 9.17) is 9.47 Å². The highest BCUT2D eigenvalue weighted by molar-refractivity contribution is 5.90. The van der Waals surface area contributed by atoms with Crippen LogP contribution >= 0.6 is 0 Å². The molecule has 0 radical (unpaired) electrons. The van der Waals surface area contributed by atoms with E-state index in [-0.39, 0.29) is 19.0 Å². The zero-order valence-electron chi connectivity index (χ0n) is 21.5. The summed E-state index contributed by atoms with van der Waals surface area (Å²) in [6, 6.07) is 14.6. The van der Waals surface area contributed by atoms with Crippen molar-refractivity contribution in [2.45, 2.75) is 38.8 Å². The summed E-state index contributed by atoms with van der Waals surface area (Å²) in [5.41, 5.74) is 0.0799. The van der Waals surface area contributed by atoms with Crippen molar-refractivity contribution in [1.29, 1.82) is 5.26 Å². The molecule has 0 saturated carbocycles. The van der Waals surface area contributed by atoms with E-state index >= 15 is 4.39 Å². The van der Waals surface area contributed by atoms with E-state index in [1.807, 2.05) is 43.0 Å². The van der Waals surface area contributed by atoms with Crippen molar-refractivity contribution in [3.8, 4) is 11.8 Å². The van der Waals surface area contributed by atoms with E-state index in [1.54, 1.807) is 19.2 Å². The number of benzene rings is 2. The number of nitrogens with zero attached hydrogens (tertiary/aromatic N) is 3. The minimum absolute atomic E-state index is 0.199. The molecule has 2 aromatic carbocycles. The third-order valence-corrected chi connectivity index (χ3v) is 7.18. The quantitative estimate of drug-likeness (QED) is 0.583. The lowest BCUT2D eigenvalue weighted by Gasteiger charge is -2.51. The van der Waals surface area contributed by atoms with Gasteiger partial charge in [0.05, 0.1) is 43.3 Å². The number of halogens is 1. The number of carbonyl (C=O) groups is 2. The predicted octanol–water partition coefficient (Wildman–Crippen LogP) is 3.91. The van der Waals surface area contributed by atoms with Crippen molar-refractivity contribution < 1.29 is 23.5 Å². The van der Waals surface area contributed by atoms with Crippen molar-refractivity contribution in [3.63, 3.8) is 0 Å². The molecule has 4 rings (SSSR count). The topological polar surface area (TPSA) is 107 Å². The number of piperidine rings is 1. The fourth-order valence-electron chi connectivity index (χ4n) is 5.00. The van der Waals surface area contributed by atoms with Crippen LogP contribution in [0.25, 0.3) is 0 Å². The van der Waals surface area contributed by atoms with Crippen LogP contribution in [-0.2, 0) is 9.53 Å². The van der Waals surface area contributed by atoms with Crippen LogP contribution in [0, 0.1) is 22.6 Å². The van der Waals surface area contributed by atoms with E-state index in [1.165, 1.54) is 17.9 Å². The number of hydrogen-bond acceptors (Lipinski definition) is 7. The van der Waals surface area contributed by atoms with Gasteiger partial charge in [0.1, 0.15) is 23.2 Å². The van der Waals surface area contributed by atoms with Gasteiger partial charge < -0.3 is 25.0 Å². The number of cyclic esters (lactones) is 1. The summed E-state index contributed by atoms with van der Waals surface area (Å²) < 4.78 is 26.1. The Morgan fingerprint density at radius 3 is 2.70 bits per heavy atom. The summed E-state index contributed by atoms with van der Waals surface area (Å²) in [4.78, 5) is 26.8. The van der Waals surface area contributed by atoms with E-state index in [2.05, 4.69) is 16.7 Å². The Balaban J connectivity index is 1.50. The van der Waals surface area contributed by atoms with Crippen LogP contribution in [0.5, 0.6) is 5.75 Å². The lowest BCUT2D eigenvalue weighted by molar-refractivity contribution is -0.119. The zero-order chi connectivity index (χ0) is 26.8. The summed E-state index contributed by atoms with van der Waals surface area (Å²) in [7, 11) is 1.59. The molecule has 0 aromatic heterocycles. The number of para-hydroxylation sites is 2. The molecule has 9 nitrogen and oxygen atoms in total. The fraction of sp³-hybridized carbons (Fsp3) is 0.444. The normalized spacial score (nSPS) is 22.7. The SMILES string of the molecule is COc1ccccc1NC1(C#N)CCN(c2ccc(N3C[C@H](CNC(C)=O)OC3=O)cc2F)CC1(C)C. The number of nitriles is 1. The van der Waals surface area contributed by atoms with Gasteiger partial charge in [-0.15, -0.1) is 0 Å². The van der Waals surface area contributed by atoms with Gasteiger partial charge in [0.25, 0.3) is 0 Å². The number of methoxy groups -OCH3 is 1. The van der Waals surface area contributed by atoms with E-state index in [0.29, 0.717) is 36.6 Å². The Bertz CT molecular complexity index is 1230. The van der Waals surface area contributed by atoms with Gasteiger partial charge in [-0.2, -0.15) is 5.26 Å². The molecule has 0 spiro atoms. The first kappa shape index (κ1) is 26.1. The fourth-order valence-corrected chi connectivity index (χ4v) is 5.00. The van der Waals surface area contributed by atoms with Gasteiger partial charge >= 0.3 is 6.09 Å². The van der Waals surface area contributed by atoms with Crippen LogP contribution < -0.4 is 25.2 Å². The van der Waals surface area contributed by atoms with Gasteiger partial charge in [-0.1, -0.05) is 26.0 Å². The number of amides is 2. The van der Waals surface area contributed by atoms with Gasteiger partial charge in [0, 0.05) is 31.8 Å². The molecule has 37 heavy (non-hydrogen) atoms. The molecule has 0 bridgehead atoms. The molecule has 2 aliphatic heterocycles. The van der Waals surface area contributed by atoms with Crippen molar-refractivity contribution in [2.24, 2.45) is 5.41 Å². The Morgan fingerprint density at radius 1 is 1.30 bits per heavy atom. The number of hydrogen-bond donors (Lipinski definition) is 2. The van der Waals surface area contributed by atoms with Crippen LogP contribution in [0.4, 0.5) is 26.2 Å². The predicted molar refractivity (Wildman–Crippen MR) is 138 cm³/mol. The van der Waals surface area contributed by atoms with Gasteiger partial charge in [0.15, 0.2) is 0 Å². The highest BCUT2D eigenvalue weighted by atomic mass is 19.1. The summed E-state index contributed by atoms with van der Waals surface area (Å²) in [6.07, 6.45) is -0.626. The molecular weight excluding hydrogens is 477 g/mol. The maximum Gasteiger partial charge on any atom is 0.414 e. The van der Waals surface area contributed by atoms with Crippen LogP contribution in [-0.4, -0.2) is 56.9 Å². The van der Waals surface area contributed by atoms with Gasteiger partial charge in [0.2, 0.25) is 5.91 Å². The van der Waals surface area contributed by atoms with Crippen molar-refractivity contribution in [1.82, 2.24) is 5.32 Å². The third kappa shape index (κ3) is 5.12. The van der Waals surface area contributed by atoms with Crippen molar-refractivity contribution >= 4 is 29.1 Å². The summed E-state index contributed by atoms with van der Waals surface area (Å²) in [5.74, 6) is -0.0295. The minimum atomic E-state index is -0.892. The maximum absolute atomic E-state index is 15.4. The Kier molecular flexibility index (Phi) is 7.16. The molecule has 2 saturated heterocycles. The average molecular weight is 510 g/mol. The van der Waals surface area contributed by atoms with Crippen LogP contribution in [0.1, 0.15) is 27.2 Å². The van der Waals surface area contributed by atoms with Crippen molar-refractivity contribution in [2.75, 3.05) is 48.4 Å². The second kappa shape index (κ2) is 10.2. The van der Waals surface area contributed by atoms with Crippen LogP contribution in [0.15, 0.2) is 42.5 Å². The highest BCUT2D eigenvalue weighted by Crippen LogP contribution is 2.44. The van der Waals surface area contributed by atoms with E-state index < -0.39 is 29.0 Å². The molecule has 2 aliphatic rings. The van der Waals surface area contributed by atoms with Gasteiger partial charge in [-0.05, 0) is 30.3 Å². The maximum atomic E-state index is 15.4. The second-order valence-corrected chi connectivity index (χ2v) is 10.1. The summed E-state index contributed by atoms with van der Waals surface area (Å²) in [5, 5.41) is 16.3. The lowest BCUT2D eigenvalue weighted by atomic mass is 9.68. The number of ether oxygens (including phenoxy) is 2. The molecule has 2 amide bonds. The molecular formula is C27H32FN5O4. The average Bonchev–Trinajstić information content (AvgIpc) is 3.24. The van der Waals surface area contributed by atoms with Gasteiger partial charge in [-0.25, -0.2) is 9.18 Å². The van der Waals surface area contributed by atoms with Crippen molar-refractivity contribution in [3.05, 3.63) is 48.3 Å². The largest absolute Gasteiger partial charge is 0.495 e. The van der Waals surface area contributed by atoms with Gasteiger partial charge in [-0.3, -0.25) is 9.69 Å². The Morgan fingerprint density at radius 2 is 2.05 bits per heavy atom. The van der Waals surface area contributed by atoms with E-state index in [0.717, 1.165) is 5.69 Å². The molecule has 2 fully saturated rings. The lowest BCUT2D eigenvalue weighted by Crippen LogP contribution is -2.60. The zero-order valence-corrected chi connectivity index (χ0v) is 21.5. The molecule has 0 aliphatic carbocycles. The number of nitrogens with one attached hydrogen (secondary N) is 2. The molecule has 2 N–H and O–H groups in total. The summed E-state index contributed by atoms with van der Waals surface area (Å²) >= 11 is 0. The molecule has 2 aromatic rings. The first-order valence-electron chi connectivity index (χ1n) is 12.2. The Hall–Kier alpha value is -4.00. The number of anilines is 3. The smallest absolute Gasteiger partial charge is 0.414 e. The number of rotatable bonds is 7. The first-order valence-corrected chi connectivity index (χ1v) is 12.2.